The number of carbonyl (C=O) groups excluding carboxylic acids is 1. The summed E-state index contributed by atoms with van der Waals surface area (Å²) in [7, 11) is 1.99. The molecule has 3 nitrogen and oxygen atoms in total. The lowest BCUT2D eigenvalue weighted by atomic mass is 9.97. The van der Waals surface area contributed by atoms with Crippen LogP contribution < -0.4 is 0 Å². The number of pyridine rings is 1. The Labute approximate surface area is 83.8 Å². The van der Waals surface area contributed by atoms with E-state index in [0.717, 1.165) is 18.7 Å². The molecule has 14 heavy (non-hydrogen) atoms. The molecule has 1 atom stereocenters. The molecule has 2 rings (SSSR count). The molecular formula is C11H14N2O. The van der Waals surface area contributed by atoms with Gasteiger partial charge in [-0.2, -0.15) is 0 Å². The molecule has 1 unspecified atom stereocenters. The first kappa shape index (κ1) is 9.34. The van der Waals surface area contributed by atoms with Crippen LogP contribution in [-0.4, -0.2) is 28.8 Å². The van der Waals surface area contributed by atoms with Crippen LogP contribution in [0.2, 0.25) is 0 Å². The summed E-state index contributed by atoms with van der Waals surface area (Å²) in [6, 6.07) is 4.04. The molecule has 0 radical (unpaired) electrons. The van der Waals surface area contributed by atoms with Crippen molar-refractivity contribution >= 4 is 5.78 Å². The minimum absolute atomic E-state index is 0.0115. The van der Waals surface area contributed by atoms with Crippen molar-refractivity contribution in [2.75, 3.05) is 7.05 Å². The Morgan fingerprint density at radius 2 is 2.43 bits per heavy atom. The van der Waals surface area contributed by atoms with Gasteiger partial charge in [0.05, 0.1) is 6.04 Å². The summed E-state index contributed by atoms with van der Waals surface area (Å²) < 4.78 is 0. The number of aromatic nitrogens is 1. The van der Waals surface area contributed by atoms with E-state index in [1.54, 1.807) is 13.1 Å². The summed E-state index contributed by atoms with van der Waals surface area (Å²) in [5.41, 5.74) is 2.32. The molecule has 3 heteroatoms. The van der Waals surface area contributed by atoms with Crippen LogP contribution in [0.15, 0.2) is 18.3 Å². The average Bonchev–Trinajstić information content (AvgIpc) is 2.16. The van der Waals surface area contributed by atoms with Gasteiger partial charge in [-0.15, -0.1) is 0 Å². The highest BCUT2D eigenvalue weighted by Crippen LogP contribution is 2.20. The van der Waals surface area contributed by atoms with E-state index < -0.39 is 0 Å². The minimum atomic E-state index is 0.0115. The molecule has 1 aromatic rings. The lowest BCUT2D eigenvalue weighted by Gasteiger charge is -2.31. The first-order valence-electron chi connectivity index (χ1n) is 4.82. The van der Waals surface area contributed by atoms with E-state index >= 15 is 0 Å². The molecule has 0 aliphatic carbocycles. The number of carbonyl (C=O) groups is 1. The Bertz CT molecular complexity index is 362. The quantitative estimate of drug-likeness (QED) is 0.663. The highest BCUT2D eigenvalue weighted by Gasteiger charge is 2.26. The lowest BCUT2D eigenvalue weighted by Crippen LogP contribution is -2.42. The third-order valence-electron chi connectivity index (χ3n) is 2.79. The standard InChI is InChI=1S/C11H14N2O/c1-8(14)11-6-10-9(7-13(11)2)4-3-5-12-10/h3-5,11H,6-7H2,1-2H3. The molecule has 74 valence electrons. The van der Waals surface area contributed by atoms with Crippen molar-refractivity contribution in [2.24, 2.45) is 0 Å². The third-order valence-corrected chi connectivity index (χ3v) is 2.79. The lowest BCUT2D eigenvalue weighted by molar-refractivity contribution is -0.122. The molecule has 0 spiro atoms. The van der Waals surface area contributed by atoms with Gasteiger partial charge >= 0.3 is 0 Å². The second kappa shape index (κ2) is 3.50. The maximum atomic E-state index is 11.3. The molecule has 0 N–H and O–H groups in total. The van der Waals surface area contributed by atoms with Crippen LogP contribution in [0.1, 0.15) is 18.2 Å². The SMILES string of the molecule is CC(=O)C1Cc2ncccc2CN1C. The number of hydrogen-bond acceptors (Lipinski definition) is 3. The summed E-state index contributed by atoms with van der Waals surface area (Å²) in [6.07, 6.45) is 2.54. The molecule has 0 saturated heterocycles. The van der Waals surface area contributed by atoms with Crippen molar-refractivity contribution < 1.29 is 4.79 Å². The zero-order chi connectivity index (χ0) is 10.1. The zero-order valence-electron chi connectivity index (χ0n) is 8.53. The molecule has 1 aliphatic heterocycles. The van der Waals surface area contributed by atoms with E-state index in [4.69, 9.17) is 0 Å². The predicted octanol–water partition coefficient (Wildman–Crippen LogP) is 1.03. The number of hydrogen-bond donors (Lipinski definition) is 0. The highest BCUT2D eigenvalue weighted by molar-refractivity contribution is 5.82. The van der Waals surface area contributed by atoms with Crippen LogP contribution >= 0.6 is 0 Å². The van der Waals surface area contributed by atoms with E-state index in [1.165, 1.54) is 5.56 Å². The normalized spacial score (nSPS) is 21.7. The van der Waals surface area contributed by atoms with E-state index in [1.807, 2.05) is 13.1 Å². The Hall–Kier alpha value is -1.22. The van der Waals surface area contributed by atoms with E-state index in [2.05, 4.69) is 16.0 Å². The monoisotopic (exact) mass is 190 g/mol. The number of ketones is 1. The Balaban J connectivity index is 2.31. The van der Waals surface area contributed by atoms with Gasteiger partial charge in [0, 0.05) is 24.9 Å². The Morgan fingerprint density at radius 3 is 3.14 bits per heavy atom. The smallest absolute Gasteiger partial charge is 0.147 e. The second-order valence-electron chi connectivity index (χ2n) is 3.85. The van der Waals surface area contributed by atoms with Gasteiger partial charge < -0.3 is 0 Å². The number of rotatable bonds is 1. The second-order valence-corrected chi connectivity index (χ2v) is 3.85. The van der Waals surface area contributed by atoms with Gasteiger partial charge in [0.2, 0.25) is 0 Å². The first-order valence-corrected chi connectivity index (χ1v) is 4.82. The minimum Gasteiger partial charge on any atom is -0.298 e. The molecular weight excluding hydrogens is 176 g/mol. The summed E-state index contributed by atoms with van der Waals surface area (Å²) >= 11 is 0. The first-order chi connectivity index (χ1) is 6.68. The maximum Gasteiger partial charge on any atom is 0.147 e. The molecule has 0 aromatic carbocycles. The Kier molecular flexibility index (Phi) is 2.33. The van der Waals surface area contributed by atoms with E-state index in [0.29, 0.717) is 0 Å². The number of Topliss-reactive ketones (excluding diaryl/α,β-unsaturated/α-hetero) is 1. The van der Waals surface area contributed by atoms with E-state index in [9.17, 15) is 4.79 Å². The fraction of sp³-hybridized carbons (Fsp3) is 0.455. The van der Waals surface area contributed by atoms with Crippen LogP contribution in [0.4, 0.5) is 0 Å². The van der Waals surface area contributed by atoms with Crippen LogP contribution in [-0.2, 0) is 17.8 Å². The topological polar surface area (TPSA) is 33.2 Å². The van der Waals surface area contributed by atoms with Gasteiger partial charge in [0.1, 0.15) is 5.78 Å². The molecule has 1 aromatic heterocycles. The van der Waals surface area contributed by atoms with E-state index in [-0.39, 0.29) is 11.8 Å². The maximum absolute atomic E-state index is 11.3. The predicted molar refractivity (Wildman–Crippen MR) is 53.9 cm³/mol. The summed E-state index contributed by atoms with van der Waals surface area (Å²) in [5, 5.41) is 0. The number of fused-ring (bicyclic) bond motifs is 1. The molecule has 0 amide bonds. The third kappa shape index (κ3) is 1.55. The van der Waals surface area contributed by atoms with Crippen molar-refractivity contribution in [3.8, 4) is 0 Å². The van der Waals surface area contributed by atoms with Crippen molar-refractivity contribution in [2.45, 2.75) is 25.9 Å². The Morgan fingerprint density at radius 1 is 1.64 bits per heavy atom. The highest BCUT2D eigenvalue weighted by atomic mass is 16.1. The summed E-state index contributed by atoms with van der Waals surface area (Å²) in [4.78, 5) is 17.7. The number of nitrogens with zero attached hydrogens (tertiary/aromatic N) is 2. The van der Waals surface area contributed by atoms with Crippen LogP contribution in [0.5, 0.6) is 0 Å². The molecule has 2 heterocycles. The van der Waals surface area contributed by atoms with Crippen LogP contribution in [0.25, 0.3) is 0 Å². The van der Waals surface area contributed by atoms with Crippen molar-refractivity contribution in [1.82, 2.24) is 9.88 Å². The fourth-order valence-electron chi connectivity index (χ4n) is 1.97. The van der Waals surface area contributed by atoms with Crippen LogP contribution in [0, 0.1) is 0 Å². The molecule has 0 saturated carbocycles. The van der Waals surface area contributed by atoms with Crippen molar-refractivity contribution in [3.05, 3.63) is 29.6 Å². The molecule has 1 aliphatic rings. The van der Waals surface area contributed by atoms with Gasteiger partial charge in [-0.05, 0) is 25.6 Å². The van der Waals surface area contributed by atoms with Crippen molar-refractivity contribution in [1.29, 1.82) is 0 Å². The summed E-state index contributed by atoms with van der Waals surface area (Å²) in [5.74, 6) is 0.226. The molecule has 0 fully saturated rings. The fourth-order valence-corrected chi connectivity index (χ4v) is 1.97. The largest absolute Gasteiger partial charge is 0.298 e. The van der Waals surface area contributed by atoms with Gasteiger partial charge in [0.25, 0.3) is 0 Å². The van der Waals surface area contributed by atoms with Gasteiger partial charge in [-0.25, -0.2) is 0 Å². The molecule has 0 bridgehead atoms. The van der Waals surface area contributed by atoms with Crippen molar-refractivity contribution in [3.63, 3.8) is 0 Å². The van der Waals surface area contributed by atoms with Gasteiger partial charge in [-0.3, -0.25) is 14.7 Å². The van der Waals surface area contributed by atoms with Crippen LogP contribution in [0.3, 0.4) is 0 Å². The number of likely N-dealkylation sites (N-methyl/N-ethyl adjacent to an activating group) is 1. The summed E-state index contributed by atoms with van der Waals surface area (Å²) in [6.45, 7) is 2.47. The van der Waals surface area contributed by atoms with Gasteiger partial charge in [-0.1, -0.05) is 6.07 Å². The average molecular weight is 190 g/mol. The zero-order valence-corrected chi connectivity index (χ0v) is 8.53. The van der Waals surface area contributed by atoms with Gasteiger partial charge in [0.15, 0.2) is 0 Å².